The molecule has 1 atom stereocenters. The fourth-order valence-electron chi connectivity index (χ4n) is 5.05. The summed E-state index contributed by atoms with van der Waals surface area (Å²) in [6, 6.07) is 16.8. The number of hydrogen-bond donors (Lipinski definition) is 0. The zero-order chi connectivity index (χ0) is 28.4. The van der Waals surface area contributed by atoms with E-state index in [0.29, 0.717) is 32.8 Å². The van der Waals surface area contributed by atoms with Crippen molar-refractivity contribution >= 4 is 56.7 Å². The highest BCUT2D eigenvalue weighted by molar-refractivity contribution is 14.1. The number of aromatic nitrogens is 1. The molecule has 0 N–H and O–H groups in total. The Morgan fingerprint density at radius 1 is 1.07 bits per heavy atom. The summed E-state index contributed by atoms with van der Waals surface area (Å²) >= 11 is 3.53. The van der Waals surface area contributed by atoms with Crippen molar-refractivity contribution in [3.8, 4) is 11.5 Å². The first-order valence-electron chi connectivity index (χ1n) is 13.0. The SMILES string of the molecule is CCCC1=C(C(=O)OCC)C(c2c(OC)ccc3ccccc23)n2c(s/c(=C/c3ccc(OC)c(I)c3)c2=O)=N1. The number of nitrogens with zero attached hydrogens (tertiary/aromatic N) is 2. The molecule has 1 aromatic heterocycles. The Balaban J connectivity index is 1.85. The van der Waals surface area contributed by atoms with Crippen LogP contribution in [0.4, 0.5) is 0 Å². The lowest BCUT2D eigenvalue weighted by atomic mass is 9.90. The number of carbonyl (C=O) groups excluding carboxylic acids is 1. The molecule has 0 aliphatic carbocycles. The third-order valence-corrected chi connectivity index (χ3v) is 8.62. The number of allylic oxidation sites excluding steroid dienone is 1. The largest absolute Gasteiger partial charge is 0.496 e. The van der Waals surface area contributed by atoms with Crippen molar-refractivity contribution in [2.24, 2.45) is 4.99 Å². The van der Waals surface area contributed by atoms with E-state index in [-0.39, 0.29) is 12.2 Å². The smallest absolute Gasteiger partial charge is 0.338 e. The highest BCUT2D eigenvalue weighted by atomic mass is 127. The molecular formula is C31H29IN2O5S. The number of halogens is 1. The van der Waals surface area contributed by atoms with Gasteiger partial charge < -0.3 is 14.2 Å². The Kier molecular flexibility index (Phi) is 8.41. The Labute approximate surface area is 249 Å². The van der Waals surface area contributed by atoms with Crippen LogP contribution in [0.25, 0.3) is 16.8 Å². The number of thiazole rings is 1. The highest BCUT2D eigenvalue weighted by Crippen LogP contribution is 2.41. The summed E-state index contributed by atoms with van der Waals surface area (Å²) in [5.74, 6) is 0.877. The van der Waals surface area contributed by atoms with E-state index in [1.54, 1.807) is 25.7 Å². The van der Waals surface area contributed by atoms with Crippen molar-refractivity contribution < 1.29 is 19.0 Å². The highest BCUT2D eigenvalue weighted by Gasteiger charge is 2.37. The van der Waals surface area contributed by atoms with Gasteiger partial charge in [0.2, 0.25) is 0 Å². The van der Waals surface area contributed by atoms with Crippen LogP contribution >= 0.6 is 33.9 Å². The molecule has 206 valence electrons. The molecule has 5 rings (SSSR count). The van der Waals surface area contributed by atoms with E-state index >= 15 is 0 Å². The monoisotopic (exact) mass is 668 g/mol. The fraction of sp³-hybridized carbons (Fsp3) is 0.258. The molecule has 0 fully saturated rings. The van der Waals surface area contributed by atoms with Gasteiger partial charge in [0, 0.05) is 5.56 Å². The van der Waals surface area contributed by atoms with E-state index in [9.17, 15) is 9.59 Å². The predicted molar refractivity (Wildman–Crippen MR) is 166 cm³/mol. The molecule has 2 heterocycles. The van der Waals surface area contributed by atoms with Gasteiger partial charge in [-0.25, -0.2) is 9.79 Å². The Morgan fingerprint density at radius 2 is 1.82 bits per heavy atom. The van der Waals surface area contributed by atoms with Gasteiger partial charge in [0.1, 0.15) is 17.5 Å². The Bertz CT molecular complexity index is 1820. The van der Waals surface area contributed by atoms with E-state index in [0.717, 1.165) is 37.6 Å². The minimum atomic E-state index is -0.768. The molecule has 0 saturated carbocycles. The van der Waals surface area contributed by atoms with Crippen LogP contribution in [0.15, 0.2) is 75.7 Å². The summed E-state index contributed by atoms with van der Waals surface area (Å²) in [4.78, 5) is 33.2. The van der Waals surface area contributed by atoms with Gasteiger partial charge in [-0.15, -0.1) is 0 Å². The average Bonchev–Trinajstić information content (AvgIpc) is 3.26. The molecule has 3 aromatic carbocycles. The van der Waals surface area contributed by atoms with Gasteiger partial charge >= 0.3 is 5.97 Å². The van der Waals surface area contributed by atoms with Gasteiger partial charge in [-0.1, -0.05) is 61.1 Å². The van der Waals surface area contributed by atoms with Crippen LogP contribution in [0.1, 0.15) is 43.9 Å². The second-order valence-electron chi connectivity index (χ2n) is 9.21. The van der Waals surface area contributed by atoms with Crippen molar-refractivity contribution in [1.82, 2.24) is 4.57 Å². The normalized spacial score (nSPS) is 15.1. The lowest BCUT2D eigenvalue weighted by molar-refractivity contribution is -0.139. The number of fused-ring (bicyclic) bond motifs is 2. The van der Waals surface area contributed by atoms with Gasteiger partial charge in [0.05, 0.1) is 40.2 Å². The number of esters is 1. The minimum Gasteiger partial charge on any atom is -0.496 e. The van der Waals surface area contributed by atoms with E-state index in [2.05, 4.69) is 22.6 Å². The van der Waals surface area contributed by atoms with E-state index in [1.165, 1.54) is 11.3 Å². The summed E-state index contributed by atoms with van der Waals surface area (Å²) in [6.07, 6.45) is 3.20. The van der Waals surface area contributed by atoms with Crippen molar-refractivity contribution in [1.29, 1.82) is 0 Å². The minimum absolute atomic E-state index is 0.210. The Hall–Kier alpha value is -3.44. The molecular weight excluding hydrogens is 639 g/mol. The zero-order valence-electron chi connectivity index (χ0n) is 22.7. The van der Waals surface area contributed by atoms with Crippen molar-refractivity contribution in [2.45, 2.75) is 32.7 Å². The molecule has 0 radical (unpaired) electrons. The third kappa shape index (κ3) is 5.08. The number of hydrogen-bond acceptors (Lipinski definition) is 7. The van der Waals surface area contributed by atoms with Crippen LogP contribution in [0.3, 0.4) is 0 Å². The molecule has 40 heavy (non-hydrogen) atoms. The fourth-order valence-corrected chi connectivity index (χ4v) is 6.83. The second-order valence-corrected chi connectivity index (χ2v) is 11.4. The number of benzene rings is 3. The summed E-state index contributed by atoms with van der Waals surface area (Å²) in [6.45, 7) is 4.03. The lowest BCUT2D eigenvalue weighted by Gasteiger charge is -2.28. The van der Waals surface area contributed by atoms with Gasteiger partial charge in [0.25, 0.3) is 5.56 Å². The molecule has 1 unspecified atom stereocenters. The van der Waals surface area contributed by atoms with Crippen LogP contribution in [0, 0.1) is 3.57 Å². The van der Waals surface area contributed by atoms with Crippen molar-refractivity contribution in [3.05, 3.63) is 100 Å². The number of ether oxygens (including phenoxy) is 3. The molecule has 7 nitrogen and oxygen atoms in total. The van der Waals surface area contributed by atoms with E-state index in [1.807, 2.05) is 67.6 Å². The van der Waals surface area contributed by atoms with Crippen LogP contribution in [0.5, 0.6) is 11.5 Å². The predicted octanol–water partition coefficient (Wildman–Crippen LogP) is 5.35. The van der Waals surface area contributed by atoms with Crippen molar-refractivity contribution in [2.75, 3.05) is 20.8 Å². The summed E-state index contributed by atoms with van der Waals surface area (Å²) < 4.78 is 19.9. The van der Waals surface area contributed by atoms with Gasteiger partial charge in [-0.2, -0.15) is 0 Å². The molecule has 0 spiro atoms. The molecule has 1 aliphatic rings. The standard InChI is InChI=1S/C31H29IN2O5S/c1-5-9-22-27(30(36)39-6-2)28(26-20-11-8-7-10-19(20)13-15-24(26)38-4)34-29(35)25(40-31(34)33-22)17-18-12-14-23(37-3)21(32)16-18/h7-8,10-17,28H,5-6,9H2,1-4H3/b25-17+. The summed E-state index contributed by atoms with van der Waals surface area (Å²) in [7, 11) is 3.23. The quantitative estimate of drug-likeness (QED) is 0.187. The summed E-state index contributed by atoms with van der Waals surface area (Å²) in [5.41, 5.74) is 2.38. The second kappa shape index (κ2) is 12.0. The van der Waals surface area contributed by atoms with Crippen LogP contribution in [-0.2, 0) is 9.53 Å². The number of carbonyl (C=O) groups is 1. The Morgan fingerprint density at radius 3 is 2.52 bits per heavy atom. The maximum atomic E-state index is 14.2. The average molecular weight is 669 g/mol. The zero-order valence-corrected chi connectivity index (χ0v) is 25.7. The molecule has 9 heteroatoms. The van der Waals surface area contributed by atoms with Gasteiger partial charge in [0.15, 0.2) is 4.80 Å². The lowest BCUT2D eigenvalue weighted by Crippen LogP contribution is -2.40. The van der Waals surface area contributed by atoms with Crippen LogP contribution in [0.2, 0.25) is 0 Å². The van der Waals surface area contributed by atoms with E-state index < -0.39 is 12.0 Å². The van der Waals surface area contributed by atoms with Crippen molar-refractivity contribution in [3.63, 3.8) is 0 Å². The molecule has 1 aliphatic heterocycles. The molecule has 0 bridgehead atoms. The van der Waals surface area contributed by atoms with Crippen LogP contribution in [-0.4, -0.2) is 31.4 Å². The van der Waals surface area contributed by atoms with Gasteiger partial charge in [-0.3, -0.25) is 9.36 Å². The molecule has 0 amide bonds. The third-order valence-electron chi connectivity index (χ3n) is 6.79. The van der Waals surface area contributed by atoms with Crippen LogP contribution < -0.4 is 24.4 Å². The summed E-state index contributed by atoms with van der Waals surface area (Å²) in [5, 5.41) is 1.87. The topological polar surface area (TPSA) is 79.1 Å². The van der Waals surface area contributed by atoms with E-state index in [4.69, 9.17) is 19.2 Å². The maximum absolute atomic E-state index is 14.2. The molecule has 4 aromatic rings. The maximum Gasteiger partial charge on any atom is 0.338 e. The first-order valence-corrected chi connectivity index (χ1v) is 14.9. The number of rotatable bonds is 8. The first kappa shape index (κ1) is 28.1. The van der Waals surface area contributed by atoms with Gasteiger partial charge in [-0.05, 0) is 76.5 Å². The molecule has 0 saturated heterocycles. The number of methoxy groups -OCH3 is 2. The first-order chi connectivity index (χ1) is 19.4.